The fourth-order valence-electron chi connectivity index (χ4n) is 1.82. The highest BCUT2D eigenvalue weighted by atomic mass is 16.5. The number of methoxy groups -OCH3 is 1. The quantitative estimate of drug-likeness (QED) is 0.886. The van der Waals surface area contributed by atoms with Crippen molar-refractivity contribution in [3.05, 3.63) is 47.3 Å². The van der Waals surface area contributed by atoms with Gasteiger partial charge in [-0.15, -0.1) is 0 Å². The van der Waals surface area contributed by atoms with E-state index in [0.29, 0.717) is 18.1 Å². The summed E-state index contributed by atoms with van der Waals surface area (Å²) in [6.07, 6.45) is 0.332. The zero-order valence-corrected chi connectivity index (χ0v) is 11.3. The maximum Gasteiger partial charge on any atom is 0.311 e. The van der Waals surface area contributed by atoms with Gasteiger partial charge in [0.15, 0.2) is 0 Å². The summed E-state index contributed by atoms with van der Waals surface area (Å²) < 4.78 is 5.09. The first kappa shape index (κ1) is 13.9. The number of carboxylic acids is 1. The Morgan fingerprint density at radius 3 is 2.40 bits per heavy atom. The number of hydrogen-bond donors (Lipinski definition) is 1. The molecule has 2 aromatic rings. The lowest BCUT2D eigenvalue weighted by molar-refractivity contribution is -0.136. The maximum absolute atomic E-state index is 10.7. The number of aryl methyl sites for hydroxylation is 1. The SMILES string of the molecule is COc1ccc(Cc2nc(C)nc(CC(=O)O)n2)cc1. The minimum absolute atomic E-state index is 0.195. The van der Waals surface area contributed by atoms with Crippen LogP contribution < -0.4 is 4.74 Å². The second-order valence-electron chi connectivity index (χ2n) is 4.31. The number of nitrogens with zero attached hydrogens (tertiary/aromatic N) is 3. The molecule has 1 aromatic carbocycles. The summed E-state index contributed by atoms with van der Waals surface area (Å²) in [4.78, 5) is 23.1. The van der Waals surface area contributed by atoms with Crippen LogP contribution in [0.25, 0.3) is 0 Å². The van der Waals surface area contributed by atoms with Gasteiger partial charge in [-0.3, -0.25) is 4.79 Å². The van der Waals surface area contributed by atoms with Gasteiger partial charge in [-0.1, -0.05) is 12.1 Å². The Balaban J connectivity index is 2.19. The minimum atomic E-state index is -0.953. The molecule has 2 rings (SSSR count). The zero-order chi connectivity index (χ0) is 14.5. The van der Waals surface area contributed by atoms with Gasteiger partial charge in [0.1, 0.15) is 29.6 Å². The Morgan fingerprint density at radius 2 is 1.80 bits per heavy atom. The van der Waals surface area contributed by atoms with E-state index in [0.717, 1.165) is 11.3 Å². The largest absolute Gasteiger partial charge is 0.497 e. The first-order valence-electron chi connectivity index (χ1n) is 6.12. The molecule has 0 bridgehead atoms. The fraction of sp³-hybridized carbons (Fsp3) is 0.286. The van der Waals surface area contributed by atoms with Crippen molar-refractivity contribution < 1.29 is 14.6 Å². The second-order valence-corrected chi connectivity index (χ2v) is 4.31. The molecule has 0 spiro atoms. The van der Waals surface area contributed by atoms with Crippen LogP contribution in [0.5, 0.6) is 5.75 Å². The van der Waals surface area contributed by atoms with Crippen LogP contribution in [0.2, 0.25) is 0 Å². The Morgan fingerprint density at radius 1 is 1.15 bits per heavy atom. The second kappa shape index (κ2) is 6.10. The summed E-state index contributed by atoms with van der Waals surface area (Å²) in [5.74, 6) is 1.21. The summed E-state index contributed by atoms with van der Waals surface area (Å²) in [5, 5.41) is 8.78. The van der Waals surface area contributed by atoms with E-state index >= 15 is 0 Å². The van der Waals surface area contributed by atoms with Gasteiger partial charge >= 0.3 is 5.97 Å². The van der Waals surface area contributed by atoms with Crippen molar-refractivity contribution in [3.8, 4) is 5.75 Å². The summed E-state index contributed by atoms with van der Waals surface area (Å²) in [6, 6.07) is 7.58. The van der Waals surface area contributed by atoms with Gasteiger partial charge in [-0.25, -0.2) is 15.0 Å². The Kier molecular flexibility index (Phi) is 4.24. The Bertz CT molecular complexity index is 612. The molecule has 0 radical (unpaired) electrons. The third-order valence-electron chi connectivity index (χ3n) is 2.67. The number of benzene rings is 1. The number of rotatable bonds is 5. The fourth-order valence-corrected chi connectivity index (χ4v) is 1.82. The molecule has 0 aliphatic rings. The van der Waals surface area contributed by atoms with Crippen LogP contribution in [0.15, 0.2) is 24.3 Å². The molecule has 0 aliphatic carbocycles. The number of carboxylic acid groups (broad SMARTS) is 1. The number of hydrogen-bond acceptors (Lipinski definition) is 5. The van der Waals surface area contributed by atoms with E-state index in [-0.39, 0.29) is 12.2 Å². The first-order valence-corrected chi connectivity index (χ1v) is 6.12. The molecule has 104 valence electrons. The number of ether oxygens (including phenoxy) is 1. The molecule has 0 saturated carbocycles. The third kappa shape index (κ3) is 3.74. The summed E-state index contributed by atoms with van der Waals surface area (Å²) in [6.45, 7) is 1.73. The molecular formula is C14H15N3O3. The van der Waals surface area contributed by atoms with E-state index in [2.05, 4.69) is 15.0 Å². The average Bonchev–Trinajstić information content (AvgIpc) is 2.38. The van der Waals surface area contributed by atoms with Gasteiger partial charge in [0.2, 0.25) is 0 Å². The normalized spacial score (nSPS) is 10.3. The van der Waals surface area contributed by atoms with Crippen molar-refractivity contribution in [1.29, 1.82) is 0 Å². The molecule has 6 heteroatoms. The van der Waals surface area contributed by atoms with Crippen LogP contribution in [-0.2, 0) is 17.6 Å². The minimum Gasteiger partial charge on any atom is -0.497 e. The van der Waals surface area contributed by atoms with E-state index in [9.17, 15) is 4.79 Å². The highest BCUT2D eigenvalue weighted by Crippen LogP contribution is 2.13. The van der Waals surface area contributed by atoms with Crippen molar-refractivity contribution in [2.75, 3.05) is 7.11 Å². The molecule has 0 aliphatic heterocycles. The molecule has 0 fully saturated rings. The van der Waals surface area contributed by atoms with Crippen molar-refractivity contribution in [1.82, 2.24) is 15.0 Å². The van der Waals surface area contributed by atoms with Crippen molar-refractivity contribution >= 4 is 5.97 Å². The van der Waals surface area contributed by atoms with Crippen LogP contribution in [0.3, 0.4) is 0 Å². The van der Waals surface area contributed by atoms with Gasteiger partial charge < -0.3 is 9.84 Å². The predicted octanol–water partition coefficient (Wildman–Crippen LogP) is 1.41. The summed E-state index contributed by atoms with van der Waals surface area (Å²) in [5.41, 5.74) is 1.03. The Hall–Kier alpha value is -2.50. The van der Waals surface area contributed by atoms with Gasteiger partial charge in [0.05, 0.1) is 7.11 Å². The number of aliphatic carboxylic acids is 1. The smallest absolute Gasteiger partial charge is 0.311 e. The lowest BCUT2D eigenvalue weighted by Crippen LogP contribution is -2.10. The zero-order valence-electron chi connectivity index (χ0n) is 11.3. The van der Waals surface area contributed by atoms with Crippen molar-refractivity contribution in [3.63, 3.8) is 0 Å². The van der Waals surface area contributed by atoms with Gasteiger partial charge in [-0.05, 0) is 24.6 Å². The monoisotopic (exact) mass is 273 g/mol. The summed E-state index contributed by atoms with van der Waals surface area (Å²) in [7, 11) is 1.61. The van der Waals surface area contributed by atoms with Gasteiger partial charge in [0, 0.05) is 6.42 Å². The molecule has 6 nitrogen and oxygen atoms in total. The lowest BCUT2D eigenvalue weighted by Gasteiger charge is -2.05. The van der Waals surface area contributed by atoms with Crippen LogP contribution in [0, 0.1) is 6.92 Å². The van der Waals surface area contributed by atoms with E-state index in [1.54, 1.807) is 14.0 Å². The third-order valence-corrected chi connectivity index (χ3v) is 2.67. The summed E-state index contributed by atoms with van der Waals surface area (Å²) >= 11 is 0. The van der Waals surface area contributed by atoms with Gasteiger partial charge in [0.25, 0.3) is 0 Å². The Labute approximate surface area is 116 Å². The van der Waals surface area contributed by atoms with Crippen LogP contribution in [0.1, 0.15) is 23.0 Å². The molecule has 20 heavy (non-hydrogen) atoms. The van der Waals surface area contributed by atoms with E-state index in [4.69, 9.17) is 9.84 Å². The highest BCUT2D eigenvalue weighted by molar-refractivity contribution is 5.68. The number of aromatic nitrogens is 3. The lowest BCUT2D eigenvalue weighted by atomic mass is 10.1. The van der Waals surface area contributed by atoms with Gasteiger partial charge in [-0.2, -0.15) is 0 Å². The van der Waals surface area contributed by atoms with Crippen LogP contribution >= 0.6 is 0 Å². The standard InChI is InChI=1S/C14H15N3O3/c1-9-15-12(17-13(16-9)8-14(18)19)7-10-3-5-11(20-2)6-4-10/h3-6H,7-8H2,1-2H3,(H,18,19). The molecule has 0 amide bonds. The molecular weight excluding hydrogens is 258 g/mol. The molecule has 0 saturated heterocycles. The molecule has 1 heterocycles. The predicted molar refractivity (Wildman–Crippen MR) is 71.7 cm³/mol. The molecule has 0 atom stereocenters. The van der Waals surface area contributed by atoms with E-state index in [1.165, 1.54) is 0 Å². The molecule has 1 N–H and O–H groups in total. The van der Waals surface area contributed by atoms with Crippen molar-refractivity contribution in [2.24, 2.45) is 0 Å². The average molecular weight is 273 g/mol. The first-order chi connectivity index (χ1) is 9.56. The molecule has 1 aromatic heterocycles. The van der Waals surface area contributed by atoms with Crippen LogP contribution in [-0.4, -0.2) is 33.1 Å². The van der Waals surface area contributed by atoms with Crippen molar-refractivity contribution in [2.45, 2.75) is 19.8 Å². The maximum atomic E-state index is 10.7. The topological polar surface area (TPSA) is 85.2 Å². The number of carbonyl (C=O) groups is 1. The van der Waals surface area contributed by atoms with Crippen LogP contribution in [0.4, 0.5) is 0 Å². The van der Waals surface area contributed by atoms with E-state index in [1.807, 2.05) is 24.3 Å². The highest BCUT2D eigenvalue weighted by Gasteiger charge is 2.08. The van der Waals surface area contributed by atoms with E-state index < -0.39 is 5.97 Å². The molecule has 0 unspecified atom stereocenters.